The van der Waals surface area contributed by atoms with Gasteiger partial charge in [0.15, 0.2) is 5.82 Å². The van der Waals surface area contributed by atoms with Crippen LogP contribution in [0.15, 0.2) is 0 Å². The zero-order valence-corrected chi connectivity index (χ0v) is 10.7. The molecule has 0 spiro atoms. The van der Waals surface area contributed by atoms with Gasteiger partial charge in [-0.3, -0.25) is 4.90 Å². The smallest absolute Gasteiger partial charge is 0.165 e. The first-order chi connectivity index (χ1) is 8.22. The van der Waals surface area contributed by atoms with Crippen LogP contribution >= 0.6 is 0 Å². The standard InChI is InChI=1S/C12H21N5/c1-9-5-10(2)7-16(6-9)8-12-13-14-15-17(12)11-3-4-11/h9-11H,3-8H2,1-2H3/t9-,10-/m0/s1. The molecule has 0 amide bonds. The fourth-order valence-corrected chi connectivity index (χ4v) is 3.04. The van der Waals surface area contributed by atoms with Crippen molar-refractivity contribution in [3.63, 3.8) is 0 Å². The summed E-state index contributed by atoms with van der Waals surface area (Å²) in [4.78, 5) is 2.50. The Hall–Kier alpha value is -0.970. The van der Waals surface area contributed by atoms with E-state index >= 15 is 0 Å². The van der Waals surface area contributed by atoms with Crippen molar-refractivity contribution in [3.05, 3.63) is 5.82 Å². The molecule has 2 atom stereocenters. The van der Waals surface area contributed by atoms with Gasteiger partial charge in [-0.2, -0.15) is 0 Å². The van der Waals surface area contributed by atoms with Crippen molar-refractivity contribution in [2.45, 2.75) is 45.7 Å². The van der Waals surface area contributed by atoms with Gasteiger partial charge in [-0.05, 0) is 41.5 Å². The van der Waals surface area contributed by atoms with Gasteiger partial charge in [-0.25, -0.2) is 4.68 Å². The van der Waals surface area contributed by atoms with E-state index in [-0.39, 0.29) is 0 Å². The van der Waals surface area contributed by atoms with Gasteiger partial charge in [-0.1, -0.05) is 13.8 Å². The van der Waals surface area contributed by atoms with Gasteiger partial charge < -0.3 is 0 Å². The average molecular weight is 235 g/mol. The molecule has 1 aromatic heterocycles. The number of nitrogens with zero attached hydrogens (tertiary/aromatic N) is 5. The highest BCUT2D eigenvalue weighted by molar-refractivity contribution is 4.91. The van der Waals surface area contributed by atoms with E-state index in [2.05, 4.69) is 34.3 Å². The van der Waals surface area contributed by atoms with Crippen LogP contribution in [-0.2, 0) is 6.54 Å². The zero-order valence-electron chi connectivity index (χ0n) is 10.7. The summed E-state index contributed by atoms with van der Waals surface area (Å²) in [5.74, 6) is 2.64. The van der Waals surface area contributed by atoms with Crippen LogP contribution in [0, 0.1) is 11.8 Å². The predicted molar refractivity (Wildman–Crippen MR) is 64.3 cm³/mol. The Bertz CT molecular complexity index is 374. The third-order valence-corrected chi connectivity index (χ3v) is 3.76. The molecule has 1 aliphatic heterocycles. The van der Waals surface area contributed by atoms with E-state index in [9.17, 15) is 0 Å². The van der Waals surface area contributed by atoms with Crippen LogP contribution in [0.25, 0.3) is 0 Å². The summed E-state index contributed by atoms with van der Waals surface area (Å²) in [7, 11) is 0. The summed E-state index contributed by atoms with van der Waals surface area (Å²) in [6, 6.07) is 0.583. The normalized spacial score (nSPS) is 30.7. The number of tetrazole rings is 1. The maximum atomic E-state index is 4.18. The lowest BCUT2D eigenvalue weighted by atomic mass is 9.92. The molecule has 0 N–H and O–H groups in total. The van der Waals surface area contributed by atoms with Crippen LogP contribution in [0.1, 0.15) is 45.0 Å². The summed E-state index contributed by atoms with van der Waals surface area (Å²) in [5.41, 5.74) is 0. The molecule has 2 aliphatic rings. The van der Waals surface area contributed by atoms with E-state index in [1.165, 1.54) is 32.4 Å². The summed E-state index contributed by atoms with van der Waals surface area (Å²) in [6.07, 6.45) is 3.83. The number of hydrogen-bond acceptors (Lipinski definition) is 4. The fourth-order valence-electron chi connectivity index (χ4n) is 3.04. The lowest BCUT2D eigenvalue weighted by Gasteiger charge is -2.34. The highest BCUT2D eigenvalue weighted by atomic mass is 15.6. The minimum absolute atomic E-state index is 0.583. The minimum Gasteiger partial charge on any atom is -0.295 e. The van der Waals surface area contributed by atoms with Crippen LogP contribution in [0.2, 0.25) is 0 Å². The van der Waals surface area contributed by atoms with Crippen LogP contribution in [0.3, 0.4) is 0 Å². The van der Waals surface area contributed by atoms with E-state index in [1.807, 2.05) is 4.68 Å². The van der Waals surface area contributed by atoms with E-state index in [1.54, 1.807) is 0 Å². The highest BCUT2D eigenvalue weighted by Crippen LogP contribution is 2.34. The topological polar surface area (TPSA) is 46.8 Å². The number of aromatic nitrogens is 4. The highest BCUT2D eigenvalue weighted by Gasteiger charge is 2.29. The zero-order chi connectivity index (χ0) is 11.8. The summed E-state index contributed by atoms with van der Waals surface area (Å²) < 4.78 is 2.03. The first-order valence-electron chi connectivity index (χ1n) is 6.71. The second-order valence-corrected chi connectivity index (χ2v) is 5.91. The third kappa shape index (κ3) is 2.49. The van der Waals surface area contributed by atoms with E-state index in [0.29, 0.717) is 6.04 Å². The van der Waals surface area contributed by atoms with Gasteiger partial charge in [-0.15, -0.1) is 5.10 Å². The molecule has 0 unspecified atom stereocenters. The number of piperidine rings is 1. The van der Waals surface area contributed by atoms with Crippen molar-refractivity contribution in [2.75, 3.05) is 13.1 Å². The Morgan fingerprint density at radius 3 is 2.53 bits per heavy atom. The average Bonchev–Trinajstić information content (AvgIpc) is 2.99. The Balaban J connectivity index is 1.67. The van der Waals surface area contributed by atoms with Crippen molar-refractivity contribution < 1.29 is 0 Å². The van der Waals surface area contributed by atoms with Gasteiger partial charge in [0, 0.05) is 13.1 Å². The predicted octanol–water partition coefficient (Wildman–Crippen LogP) is 1.49. The summed E-state index contributed by atoms with van der Waals surface area (Å²) >= 11 is 0. The lowest BCUT2D eigenvalue weighted by molar-refractivity contribution is 0.129. The molecule has 0 aromatic carbocycles. The molecule has 5 nitrogen and oxygen atoms in total. The van der Waals surface area contributed by atoms with E-state index < -0.39 is 0 Å². The quantitative estimate of drug-likeness (QED) is 0.796. The molecule has 3 rings (SSSR count). The monoisotopic (exact) mass is 235 g/mol. The van der Waals surface area contributed by atoms with Crippen LogP contribution in [0.5, 0.6) is 0 Å². The largest absolute Gasteiger partial charge is 0.295 e. The molecule has 0 radical (unpaired) electrons. The van der Waals surface area contributed by atoms with Crippen LogP contribution in [-0.4, -0.2) is 38.2 Å². The lowest BCUT2D eigenvalue weighted by Crippen LogP contribution is -2.38. The number of likely N-dealkylation sites (tertiary alicyclic amines) is 1. The fraction of sp³-hybridized carbons (Fsp3) is 0.917. The second kappa shape index (κ2) is 4.37. The van der Waals surface area contributed by atoms with Crippen LogP contribution < -0.4 is 0 Å². The Kier molecular flexibility index (Phi) is 2.86. The van der Waals surface area contributed by atoms with Crippen molar-refractivity contribution in [2.24, 2.45) is 11.8 Å². The Morgan fingerprint density at radius 2 is 1.88 bits per heavy atom. The first-order valence-corrected chi connectivity index (χ1v) is 6.71. The molecule has 0 bridgehead atoms. The maximum Gasteiger partial charge on any atom is 0.165 e. The molecule has 17 heavy (non-hydrogen) atoms. The molecule has 5 heteroatoms. The van der Waals surface area contributed by atoms with Gasteiger partial charge in [0.25, 0.3) is 0 Å². The molecule has 2 fully saturated rings. The Morgan fingerprint density at radius 1 is 1.18 bits per heavy atom. The number of rotatable bonds is 3. The van der Waals surface area contributed by atoms with Crippen LogP contribution in [0.4, 0.5) is 0 Å². The molecule has 1 aromatic rings. The van der Waals surface area contributed by atoms with E-state index in [4.69, 9.17) is 0 Å². The van der Waals surface area contributed by atoms with Crippen molar-refractivity contribution in [1.82, 2.24) is 25.1 Å². The summed E-state index contributed by atoms with van der Waals surface area (Å²) in [5, 5.41) is 12.1. The molecule has 94 valence electrons. The van der Waals surface area contributed by atoms with Gasteiger partial charge in [0.2, 0.25) is 0 Å². The molecule has 1 saturated carbocycles. The molecular weight excluding hydrogens is 214 g/mol. The third-order valence-electron chi connectivity index (χ3n) is 3.76. The molecule has 2 heterocycles. The molecular formula is C12H21N5. The first kappa shape index (κ1) is 11.1. The van der Waals surface area contributed by atoms with Crippen molar-refractivity contribution >= 4 is 0 Å². The van der Waals surface area contributed by atoms with Gasteiger partial charge in [0.05, 0.1) is 12.6 Å². The maximum absolute atomic E-state index is 4.18. The van der Waals surface area contributed by atoms with Gasteiger partial charge >= 0.3 is 0 Å². The molecule has 1 aliphatic carbocycles. The van der Waals surface area contributed by atoms with Gasteiger partial charge in [0.1, 0.15) is 0 Å². The minimum atomic E-state index is 0.583. The van der Waals surface area contributed by atoms with Crippen molar-refractivity contribution in [3.8, 4) is 0 Å². The summed E-state index contributed by atoms with van der Waals surface area (Å²) in [6.45, 7) is 7.96. The SMILES string of the molecule is C[C@H]1C[C@H](C)CN(Cc2nnnn2C2CC2)C1. The Labute approximate surface area is 102 Å². The second-order valence-electron chi connectivity index (χ2n) is 5.91. The molecule has 1 saturated heterocycles. The number of hydrogen-bond donors (Lipinski definition) is 0. The van der Waals surface area contributed by atoms with Crippen molar-refractivity contribution in [1.29, 1.82) is 0 Å². The van der Waals surface area contributed by atoms with E-state index in [0.717, 1.165) is 24.2 Å².